The van der Waals surface area contributed by atoms with E-state index in [0.717, 1.165) is 0 Å². The van der Waals surface area contributed by atoms with E-state index in [1.807, 2.05) is 9.88 Å². The van der Waals surface area contributed by atoms with Crippen LogP contribution in [-0.4, -0.2) is 15.2 Å². The first kappa shape index (κ1) is 11.0. The van der Waals surface area contributed by atoms with Crippen LogP contribution in [0.1, 0.15) is 0 Å². The Bertz CT molecular complexity index is 68.4. The van der Waals surface area contributed by atoms with Crippen LogP contribution in [0.2, 0.25) is 0 Å². The molecule has 8 heavy (non-hydrogen) atoms. The average molecular weight is 144 g/mol. The van der Waals surface area contributed by atoms with Crippen LogP contribution in [0, 0.1) is 0 Å². The molecule has 2 nitrogen and oxygen atoms in total. The van der Waals surface area contributed by atoms with Gasteiger partial charge in [0.05, 0.1) is 8.69 Å². The van der Waals surface area contributed by atoms with Gasteiger partial charge in [-0.05, 0) is 0 Å². The van der Waals surface area contributed by atoms with Crippen LogP contribution in [0.4, 0.5) is 0 Å². The molecule has 0 rings (SSSR count). The largest absolute Gasteiger partial charge is 0.772 e. The summed E-state index contributed by atoms with van der Waals surface area (Å²) < 4.78 is 8.35. The van der Waals surface area contributed by atoms with E-state index in [-0.39, 0.29) is 0 Å². The average Bonchev–Trinajstić information content (AvgIpc) is 1.71. The molecular weight excluding hydrogens is 138 g/mol. The Morgan fingerprint density at radius 3 is 1.75 bits per heavy atom. The van der Waals surface area contributed by atoms with Gasteiger partial charge in [-0.15, -0.1) is 0 Å². The van der Waals surface area contributed by atoms with E-state index in [4.69, 9.17) is 9.46 Å². The monoisotopic (exact) mass is 144 g/mol. The zero-order valence-corrected chi connectivity index (χ0v) is 6.46. The van der Waals surface area contributed by atoms with Crippen LogP contribution in [0.15, 0.2) is 23.0 Å². The molecule has 0 spiro atoms. The number of hydrogen-bond donors (Lipinski definition) is 0. The molecule has 0 amide bonds. The third kappa shape index (κ3) is 36.4. The molecule has 0 unspecified atom stereocenters. The number of rotatable bonds is 2. The van der Waals surface area contributed by atoms with E-state index >= 15 is 0 Å². The third-order valence-corrected chi connectivity index (χ3v) is 0.816. The van der Waals surface area contributed by atoms with Crippen molar-refractivity contribution in [1.82, 2.24) is 0 Å². The first-order valence-electron chi connectivity index (χ1n) is 1.85. The Kier molecular flexibility index (Phi) is 21.5. The molecule has 0 atom stereocenters. The fraction of sp³-hybridized carbons (Fsp3) is 0. The molecular formula is C4H6AlO2P. The van der Waals surface area contributed by atoms with Crippen LogP contribution < -0.4 is 4.89 Å². The van der Waals surface area contributed by atoms with Gasteiger partial charge in [-0.25, -0.2) is 0 Å². The Morgan fingerprint density at radius 1 is 1.50 bits per heavy atom. The van der Waals surface area contributed by atoms with Crippen molar-refractivity contribution >= 4 is 23.9 Å². The second kappa shape index (κ2) is 15.7. The van der Waals surface area contributed by atoms with Crippen molar-refractivity contribution in [3.8, 4) is 0 Å². The minimum atomic E-state index is -1.08. The molecule has 0 saturated carbocycles. The van der Waals surface area contributed by atoms with Gasteiger partial charge in [-0.2, -0.15) is 0 Å². The van der Waals surface area contributed by atoms with E-state index < -0.39 is 8.69 Å². The first-order valence-corrected chi connectivity index (χ1v) is 3.91. The van der Waals surface area contributed by atoms with Gasteiger partial charge in [-0.3, -0.25) is 4.57 Å². The molecule has 0 radical (unpaired) electrons. The predicted molar refractivity (Wildman–Crippen MR) is 33.8 cm³/mol. The van der Waals surface area contributed by atoms with Crippen LogP contribution in [0.25, 0.3) is 0 Å². The number of hydrogen-bond acceptors (Lipinski definition) is 2. The topological polar surface area (TPSA) is 40.1 Å². The van der Waals surface area contributed by atoms with Crippen LogP contribution in [0.3, 0.4) is 0 Å². The van der Waals surface area contributed by atoms with Crippen LogP contribution in [-0.2, 0) is 4.57 Å². The van der Waals surface area contributed by atoms with Gasteiger partial charge in [-0.1, -0.05) is 0 Å². The van der Waals surface area contributed by atoms with E-state index in [1.165, 1.54) is 0 Å². The molecule has 0 N–H and O–H groups in total. The van der Waals surface area contributed by atoms with Gasteiger partial charge in [0.1, 0.15) is 0 Å². The summed E-state index contributed by atoms with van der Waals surface area (Å²) >= 11 is 0.343. The molecule has 0 fully saturated rings. The minimum Gasteiger partial charge on any atom is -0.772 e. The summed E-state index contributed by atoms with van der Waals surface area (Å²) in [6, 6.07) is 0. The van der Waals surface area contributed by atoms with Gasteiger partial charge in [0.15, 0.2) is 0 Å². The van der Waals surface area contributed by atoms with Crippen LogP contribution in [0.5, 0.6) is 0 Å². The molecule has 0 aliphatic rings. The van der Waals surface area contributed by atoms with Gasteiger partial charge >= 0.3 is 38.3 Å². The first-order chi connectivity index (χ1) is 3.83. The Labute approximate surface area is 56.9 Å². The molecule has 0 aliphatic heterocycles. The van der Waals surface area contributed by atoms with Crippen molar-refractivity contribution in [3.63, 3.8) is 0 Å². The fourth-order valence-corrected chi connectivity index (χ4v) is 0.289. The third-order valence-electron chi connectivity index (χ3n) is 0.272. The maximum absolute atomic E-state index is 8.35. The van der Waals surface area contributed by atoms with E-state index in [9.17, 15) is 0 Å². The SMILES string of the molecule is C=[CH][Al+][CH]=C.O=P[O-]. The summed E-state index contributed by atoms with van der Waals surface area (Å²) in [5.74, 6) is 0. The predicted octanol–water partition coefficient (Wildman–Crippen LogP) is 0.531. The Hall–Kier alpha value is 0.0725. The van der Waals surface area contributed by atoms with Gasteiger partial charge in [0, 0.05) is 0 Å². The molecule has 0 bridgehead atoms. The molecule has 0 aromatic rings. The second-order valence-electron chi connectivity index (χ2n) is 0.738. The normalized spacial score (nSPS) is 5.62. The van der Waals surface area contributed by atoms with Crippen molar-refractivity contribution in [1.29, 1.82) is 0 Å². The zero-order chi connectivity index (χ0) is 6.83. The summed E-state index contributed by atoms with van der Waals surface area (Å²) in [6.07, 6.45) is 0. The van der Waals surface area contributed by atoms with Gasteiger partial charge < -0.3 is 4.89 Å². The van der Waals surface area contributed by atoms with Crippen LogP contribution >= 0.6 is 8.69 Å². The summed E-state index contributed by atoms with van der Waals surface area (Å²) in [5, 5.41) is 0. The molecule has 0 aromatic carbocycles. The quantitative estimate of drug-likeness (QED) is 0.419. The smallest absolute Gasteiger partial charge is 0.0642 e. The van der Waals surface area contributed by atoms with E-state index in [2.05, 4.69) is 13.2 Å². The maximum atomic E-state index is 8.35. The second-order valence-corrected chi connectivity index (χ2v) is 2.22. The van der Waals surface area contributed by atoms with Crippen molar-refractivity contribution in [3.05, 3.63) is 23.0 Å². The molecule has 0 saturated heterocycles. The molecule has 0 aromatic heterocycles. The fourth-order valence-electron chi connectivity index (χ4n) is 0.0962. The molecule has 0 aliphatic carbocycles. The van der Waals surface area contributed by atoms with Gasteiger partial charge in [0.25, 0.3) is 0 Å². The van der Waals surface area contributed by atoms with Crippen molar-refractivity contribution in [2.45, 2.75) is 0 Å². The Balaban J connectivity index is 0. The zero-order valence-electron chi connectivity index (χ0n) is 4.41. The van der Waals surface area contributed by atoms with Crippen molar-refractivity contribution in [2.24, 2.45) is 0 Å². The minimum absolute atomic E-state index is 0.343. The standard InChI is InChI=1S/2C2H3.Al.HO2P/c2*1-2;;1-3-2/h2*1H,2H2;;(H,1,2)/q;;+1;/p-1. The van der Waals surface area contributed by atoms with Gasteiger partial charge in [0.2, 0.25) is 0 Å². The molecule has 0 heterocycles. The maximum Gasteiger partial charge on any atom is 0.0642 e. The van der Waals surface area contributed by atoms with Crippen molar-refractivity contribution < 1.29 is 9.46 Å². The van der Waals surface area contributed by atoms with Crippen molar-refractivity contribution in [2.75, 3.05) is 0 Å². The summed E-state index contributed by atoms with van der Waals surface area (Å²) in [5.41, 5.74) is 0. The van der Waals surface area contributed by atoms with E-state index in [0.29, 0.717) is 15.2 Å². The summed E-state index contributed by atoms with van der Waals surface area (Å²) in [4.78, 5) is 12.1. The van der Waals surface area contributed by atoms with E-state index in [1.54, 1.807) is 0 Å². The Morgan fingerprint density at radius 2 is 1.75 bits per heavy atom. The summed E-state index contributed by atoms with van der Waals surface area (Å²) in [6.45, 7) is 7.03. The molecule has 4 heteroatoms. The summed E-state index contributed by atoms with van der Waals surface area (Å²) in [7, 11) is -1.08. The molecule has 42 valence electrons.